The molecule has 2 aromatic heterocycles. The molecule has 0 radical (unpaired) electrons. The number of H-pyrrole nitrogens is 2. The normalized spacial score (nSPS) is 12.6. The van der Waals surface area contributed by atoms with Crippen molar-refractivity contribution in [2.24, 2.45) is 0 Å². The largest absolute Gasteiger partial charge is 0.480 e. The van der Waals surface area contributed by atoms with Gasteiger partial charge in [-0.1, -0.05) is 36.4 Å². The summed E-state index contributed by atoms with van der Waals surface area (Å²) in [6.45, 7) is 0. The number of aromatic nitrogens is 2. The van der Waals surface area contributed by atoms with E-state index < -0.39 is 35.8 Å². The third-order valence-electron chi connectivity index (χ3n) is 6.81. The molecular weight excluding hydrogens is 512 g/mol. The van der Waals surface area contributed by atoms with Crippen LogP contribution < -0.4 is 10.6 Å². The van der Waals surface area contributed by atoms with E-state index in [9.17, 15) is 29.4 Å². The van der Waals surface area contributed by atoms with Crippen LogP contribution in [0, 0.1) is 0 Å². The maximum Gasteiger partial charge on any atom is 0.326 e. The summed E-state index contributed by atoms with van der Waals surface area (Å²) in [5.41, 5.74) is 3.58. The number of nitrogens with one attached hydrogen (secondary N) is 4. The molecule has 3 aromatic carbocycles. The number of benzene rings is 3. The SMILES string of the molecule is O=C(N[C@@H](Cc1c[nH]c2ccccc12)C(=O)O)c1ccc(C(=O)N[C@H](Cc2c[nH]c3ccccc23)C(=O)O)cc1. The van der Waals surface area contributed by atoms with Gasteiger partial charge in [0.1, 0.15) is 12.1 Å². The van der Waals surface area contributed by atoms with Crippen molar-refractivity contribution in [1.29, 1.82) is 0 Å². The van der Waals surface area contributed by atoms with Gasteiger partial charge in [-0.25, -0.2) is 9.59 Å². The topological polar surface area (TPSA) is 164 Å². The molecule has 0 aliphatic rings. The second-order valence-electron chi connectivity index (χ2n) is 9.43. The summed E-state index contributed by atoms with van der Waals surface area (Å²) >= 11 is 0. The quantitative estimate of drug-likeness (QED) is 0.159. The third kappa shape index (κ3) is 5.56. The summed E-state index contributed by atoms with van der Waals surface area (Å²) in [5.74, 6) is -3.57. The number of carbonyl (C=O) groups is 4. The van der Waals surface area contributed by atoms with Crippen molar-refractivity contribution in [3.63, 3.8) is 0 Å². The summed E-state index contributed by atoms with van der Waals surface area (Å²) in [5, 5.41) is 26.2. The Hall–Kier alpha value is -5.38. The van der Waals surface area contributed by atoms with Crippen LogP contribution in [0.4, 0.5) is 0 Å². The van der Waals surface area contributed by atoms with Crippen LogP contribution in [-0.4, -0.2) is 56.0 Å². The van der Waals surface area contributed by atoms with Crippen LogP contribution in [0.1, 0.15) is 31.8 Å². The molecule has 10 nitrogen and oxygen atoms in total. The van der Waals surface area contributed by atoms with Gasteiger partial charge < -0.3 is 30.8 Å². The molecule has 0 bridgehead atoms. The average molecular weight is 539 g/mol. The lowest BCUT2D eigenvalue weighted by molar-refractivity contribution is -0.140. The van der Waals surface area contributed by atoms with Gasteiger partial charge in [0, 0.05) is 58.2 Å². The molecule has 2 amide bonds. The zero-order chi connectivity index (χ0) is 28.2. The van der Waals surface area contributed by atoms with E-state index in [-0.39, 0.29) is 24.0 Å². The van der Waals surface area contributed by atoms with Gasteiger partial charge in [-0.3, -0.25) is 9.59 Å². The number of hydrogen-bond donors (Lipinski definition) is 6. The minimum absolute atomic E-state index is 0.0819. The first-order valence-electron chi connectivity index (χ1n) is 12.6. The second kappa shape index (κ2) is 11.2. The van der Waals surface area contributed by atoms with Crippen LogP contribution in [0.2, 0.25) is 0 Å². The number of carbonyl (C=O) groups excluding carboxylic acids is 2. The average Bonchev–Trinajstić information content (AvgIpc) is 3.56. The Morgan fingerprint density at radius 3 is 1.35 bits per heavy atom. The minimum atomic E-state index is -1.18. The molecule has 0 saturated heterocycles. The Kier molecular flexibility index (Phi) is 7.32. The molecule has 0 saturated carbocycles. The Bertz CT molecular complexity index is 1590. The second-order valence-corrected chi connectivity index (χ2v) is 9.43. The van der Waals surface area contributed by atoms with Crippen LogP contribution in [0.3, 0.4) is 0 Å². The van der Waals surface area contributed by atoms with Crippen molar-refractivity contribution in [3.05, 3.63) is 107 Å². The van der Waals surface area contributed by atoms with Gasteiger partial charge >= 0.3 is 11.9 Å². The molecule has 0 spiro atoms. The molecule has 0 aliphatic carbocycles. The van der Waals surface area contributed by atoms with Crippen LogP contribution in [0.15, 0.2) is 85.2 Å². The van der Waals surface area contributed by atoms with E-state index >= 15 is 0 Å². The highest BCUT2D eigenvalue weighted by Crippen LogP contribution is 2.21. The lowest BCUT2D eigenvalue weighted by Crippen LogP contribution is -2.42. The van der Waals surface area contributed by atoms with Gasteiger partial charge in [0.15, 0.2) is 0 Å². The summed E-state index contributed by atoms with van der Waals surface area (Å²) in [7, 11) is 0. The number of rotatable bonds is 10. The molecule has 2 heterocycles. The fourth-order valence-electron chi connectivity index (χ4n) is 4.70. The van der Waals surface area contributed by atoms with Gasteiger partial charge in [0.05, 0.1) is 0 Å². The fourth-order valence-corrected chi connectivity index (χ4v) is 4.70. The third-order valence-corrected chi connectivity index (χ3v) is 6.81. The lowest BCUT2D eigenvalue weighted by Gasteiger charge is -2.15. The van der Waals surface area contributed by atoms with Gasteiger partial charge in [-0.05, 0) is 47.5 Å². The van der Waals surface area contributed by atoms with Crippen LogP contribution in [-0.2, 0) is 22.4 Å². The van der Waals surface area contributed by atoms with E-state index in [1.54, 1.807) is 12.4 Å². The molecule has 5 aromatic rings. The Labute approximate surface area is 228 Å². The molecule has 6 N–H and O–H groups in total. The summed E-state index contributed by atoms with van der Waals surface area (Å²) in [4.78, 5) is 55.6. The highest BCUT2D eigenvalue weighted by atomic mass is 16.4. The molecule has 0 aliphatic heterocycles. The first kappa shape index (κ1) is 26.2. The van der Waals surface area contributed by atoms with Gasteiger partial charge in [0.25, 0.3) is 11.8 Å². The number of fused-ring (bicyclic) bond motifs is 2. The van der Waals surface area contributed by atoms with E-state index in [4.69, 9.17) is 0 Å². The number of amides is 2. The zero-order valence-electron chi connectivity index (χ0n) is 21.2. The van der Waals surface area contributed by atoms with E-state index in [1.165, 1.54) is 24.3 Å². The number of carboxylic acid groups (broad SMARTS) is 2. The molecule has 40 heavy (non-hydrogen) atoms. The highest BCUT2D eigenvalue weighted by Gasteiger charge is 2.24. The number of para-hydroxylation sites is 2. The molecule has 202 valence electrons. The predicted octanol–water partition coefficient (Wildman–Crippen LogP) is 3.50. The molecule has 5 rings (SSSR count). The molecule has 10 heteroatoms. The number of carboxylic acids is 2. The van der Waals surface area contributed by atoms with E-state index in [1.807, 2.05) is 48.5 Å². The van der Waals surface area contributed by atoms with Crippen molar-refractivity contribution in [2.45, 2.75) is 24.9 Å². The monoisotopic (exact) mass is 538 g/mol. The van der Waals surface area contributed by atoms with E-state index in [0.717, 1.165) is 32.9 Å². The maximum absolute atomic E-state index is 12.8. The smallest absolute Gasteiger partial charge is 0.326 e. The van der Waals surface area contributed by atoms with E-state index in [2.05, 4.69) is 20.6 Å². The Morgan fingerprint density at radius 1 is 0.600 bits per heavy atom. The summed E-state index contributed by atoms with van der Waals surface area (Å²) in [6.07, 6.45) is 3.61. The first-order chi connectivity index (χ1) is 19.3. The minimum Gasteiger partial charge on any atom is -0.480 e. The van der Waals surface area contributed by atoms with Crippen LogP contribution in [0.5, 0.6) is 0 Å². The maximum atomic E-state index is 12.8. The Balaban J connectivity index is 1.24. The van der Waals surface area contributed by atoms with Gasteiger partial charge in [0.2, 0.25) is 0 Å². The standard InChI is InChI=1S/C30H26N4O6/c35-27(33-25(29(37)38)13-19-15-31-23-7-3-1-5-21(19)23)17-9-11-18(12-10-17)28(36)34-26(30(39)40)14-20-16-32-24-8-4-2-6-22(20)24/h1-12,15-16,25-26,31-32H,13-14H2,(H,33,35)(H,34,36)(H,37,38)(H,39,40)/t25-,26+. The van der Waals surface area contributed by atoms with Crippen LogP contribution in [0.25, 0.3) is 21.8 Å². The van der Waals surface area contributed by atoms with Gasteiger partial charge in [-0.2, -0.15) is 0 Å². The van der Waals surface area contributed by atoms with Crippen molar-refractivity contribution in [2.75, 3.05) is 0 Å². The Morgan fingerprint density at radius 2 is 0.975 bits per heavy atom. The zero-order valence-corrected chi connectivity index (χ0v) is 21.2. The number of aromatic amines is 2. The lowest BCUT2D eigenvalue weighted by atomic mass is 10.0. The fraction of sp³-hybridized carbons (Fsp3) is 0.133. The van der Waals surface area contributed by atoms with Crippen molar-refractivity contribution in [1.82, 2.24) is 20.6 Å². The first-order valence-corrected chi connectivity index (χ1v) is 12.6. The molecule has 0 fully saturated rings. The molecule has 2 atom stereocenters. The van der Waals surface area contributed by atoms with Crippen molar-refractivity contribution < 1.29 is 29.4 Å². The van der Waals surface area contributed by atoms with Crippen molar-refractivity contribution in [3.8, 4) is 0 Å². The van der Waals surface area contributed by atoms with Crippen molar-refractivity contribution >= 4 is 45.6 Å². The predicted molar refractivity (Wildman–Crippen MR) is 148 cm³/mol. The summed E-state index contributed by atoms with van der Waals surface area (Å²) < 4.78 is 0. The number of aliphatic carboxylic acids is 2. The summed E-state index contributed by atoms with van der Waals surface area (Å²) in [6, 6.07) is 18.2. The van der Waals surface area contributed by atoms with E-state index in [0.29, 0.717) is 0 Å². The molecule has 0 unspecified atom stereocenters. The highest BCUT2D eigenvalue weighted by molar-refractivity contribution is 6.00. The van der Waals surface area contributed by atoms with Gasteiger partial charge in [-0.15, -0.1) is 0 Å². The van der Waals surface area contributed by atoms with Crippen LogP contribution >= 0.6 is 0 Å². The molecular formula is C30H26N4O6. The number of hydrogen-bond acceptors (Lipinski definition) is 4.